The Morgan fingerprint density at radius 1 is 1.04 bits per heavy atom. The van der Waals surface area contributed by atoms with Crippen molar-refractivity contribution in [3.63, 3.8) is 0 Å². The van der Waals surface area contributed by atoms with Gasteiger partial charge in [-0.15, -0.1) is 0 Å². The Hall–Kier alpha value is -3.32. The predicted octanol–water partition coefficient (Wildman–Crippen LogP) is 4.45. The molecule has 0 radical (unpaired) electrons. The normalized spacial score (nSPS) is 10.3. The molecule has 1 aromatic heterocycles. The first-order valence-electron chi connectivity index (χ1n) is 8.38. The number of carbonyl (C=O) groups is 1. The van der Waals surface area contributed by atoms with Crippen LogP contribution in [-0.4, -0.2) is 30.1 Å². The molecule has 0 spiro atoms. The van der Waals surface area contributed by atoms with Crippen molar-refractivity contribution in [3.8, 4) is 11.5 Å². The molecule has 2 N–H and O–H groups in total. The third kappa shape index (κ3) is 4.50. The molecule has 0 aliphatic heterocycles. The summed E-state index contributed by atoms with van der Waals surface area (Å²) in [5.41, 5.74) is 2.55. The van der Waals surface area contributed by atoms with Crippen molar-refractivity contribution in [1.82, 2.24) is 9.97 Å². The number of benzene rings is 2. The summed E-state index contributed by atoms with van der Waals surface area (Å²) >= 11 is 6.12. The molecule has 0 aliphatic rings. The number of nitrogens with zero attached hydrogens (tertiary/aromatic N) is 2. The van der Waals surface area contributed by atoms with Gasteiger partial charge in [0, 0.05) is 29.2 Å². The molecule has 1 heterocycles. The number of methoxy groups -OCH3 is 2. The SMILES string of the molecule is COc1ccc(NC(=O)c2cnc(Nc3cc(C)c(Cl)cc3OC)nc2)cc1. The molecule has 8 heteroatoms. The number of anilines is 3. The number of hydrogen-bond acceptors (Lipinski definition) is 6. The quantitative estimate of drug-likeness (QED) is 0.638. The van der Waals surface area contributed by atoms with Gasteiger partial charge in [0.2, 0.25) is 5.95 Å². The van der Waals surface area contributed by atoms with Gasteiger partial charge in [-0.1, -0.05) is 11.6 Å². The summed E-state index contributed by atoms with van der Waals surface area (Å²) in [6, 6.07) is 10.6. The number of aryl methyl sites for hydroxylation is 1. The Labute approximate surface area is 167 Å². The molecule has 0 saturated heterocycles. The summed E-state index contributed by atoms with van der Waals surface area (Å²) in [4.78, 5) is 20.7. The molecule has 0 bridgehead atoms. The molecule has 2 aromatic carbocycles. The summed E-state index contributed by atoms with van der Waals surface area (Å²) in [5.74, 6) is 1.31. The Kier molecular flexibility index (Phi) is 5.96. The molecule has 0 fully saturated rings. The van der Waals surface area contributed by atoms with Gasteiger partial charge in [0.05, 0.1) is 25.5 Å². The van der Waals surface area contributed by atoms with E-state index < -0.39 is 0 Å². The number of ether oxygens (including phenoxy) is 2. The van der Waals surface area contributed by atoms with Crippen LogP contribution < -0.4 is 20.1 Å². The predicted molar refractivity (Wildman–Crippen MR) is 109 cm³/mol. The van der Waals surface area contributed by atoms with Gasteiger partial charge in [-0.3, -0.25) is 4.79 Å². The highest BCUT2D eigenvalue weighted by atomic mass is 35.5. The molecule has 28 heavy (non-hydrogen) atoms. The van der Waals surface area contributed by atoms with Crippen LogP contribution in [0.25, 0.3) is 0 Å². The van der Waals surface area contributed by atoms with E-state index in [1.54, 1.807) is 44.6 Å². The van der Waals surface area contributed by atoms with Crippen molar-refractivity contribution < 1.29 is 14.3 Å². The molecule has 144 valence electrons. The number of rotatable bonds is 6. The van der Waals surface area contributed by atoms with Crippen molar-refractivity contribution in [2.45, 2.75) is 6.92 Å². The maximum Gasteiger partial charge on any atom is 0.258 e. The van der Waals surface area contributed by atoms with Gasteiger partial charge in [0.25, 0.3) is 5.91 Å². The van der Waals surface area contributed by atoms with Crippen molar-refractivity contribution in [3.05, 3.63) is 64.9 Å². The summed E-state index contributed by atoms with van der Waals surface area (Å²) in [6.07, 6.45) is 2.90. The summed E-state index contributed by atoms with van der Waals surface area (Å²) < 4.78 is 10.4. The minimum atomic E-state index is -0.309. The Bertz CT molecular complexity index is 976. The first kappa shape index (κ1) is 19.4. The lowest BCUT2D eigenvalue weighted by Gasteiger charge is -2.12. The standard InChI is InChI=1S/C20H19ClN4O3/c1-12-8-17(18(28-3)9-16(12)21)25-20-22-10-13(11-23-20)19(26)24-14-4-6-15(27-2)7-5-14/h4-11H,1-3H3,(H,24,26)(H,22,23,25). The Balaban J connectivity index is 1.71. The fraction of sp³-hybridized carbons (Fsp3) is 0.150. The second-order valence-corrected chi connectivity index (χ2v) is 6.31. The number of carbonyl (C=O) groups excluding carboxylic acids is 1. The first-order valence-corrected chi connectivity index (χ1v) is 8.76. The van der Waals surface area contributed by atoms with Crippen LogP contribution in [0.4, 0.5) is 17.3 Å². The van der Waals surface area contributed by atoms with Crippen molar-refractivity contribution in [2.75, 3.05) is 24.9 Å². The fourth-order valence-electron chi connectivity index (χ4n) is 2.44. The van der Waals surface area contributed by atoms with Crippen LogP contribution in [-0.2, 0) is 0 Å². The largest absolute Gasteiger partial charge is 0.497 e. The van der Waals surface area contributed by atoms with E-state index in [9.17, 15) is 4.79 Å². The third-order valence-electron chi connectivity index (χ3n) is 3.99. The molecular formula is C20H19ClN4O3. The van der Waals surface area contributed by atoms with Gasteiger partial charge in [-0.2, -0.15) is 0 Å². The fourth-order valence-corrected chi connectivity index (χ4v) is 2.59. The zero-order chi connectivity index (χ0) is 20.1. The summed E-state index contributed by atoms with van der Waals surface area (Å²) in [5, 5.41) is 6.46. The lowest BCUT2D eigenvalue weighted by Crippen LogP contribution is -2.13. The highest BCUT2D eigenvalue weighted by Crippen LogP contribution is 2.32. The number of halogens is 1. The van der Waals surface area contributed by atoms with Gasteiger partial charge in [0.1, 0.15) is 11.5 Å². The monoisotopic (exact) mass is 398 g/mol. The van der Waals surface area contributed by atoms with Crippen LogP contribution in [0.15, 0.2) is 48.8 Å². The van der Waals surface area contributed by atoms with Gasteiger partial charge in [-0.25, -0.2) is 9.97 Å². The van der Waals surface area contributed by atoms with E-state index in [0.29, 0.717) is 39.4 Å². The maximum absolute atomic E-state index is 12.3. The highest BCUT2D eigenvalue weighted by Gasteiger charge is 2.11. The second-order valence-electron chi connectivity index (χ2n) is 5.90. The van der Waals surface area contributed by atoms with E-state index >= 15 is 0 Å². The number of amides is 1. The van der Waals surface area contributed by atoms with Gasteiger partial charge < -0.3 is 20.1 Å². The van der Waals surface area contributed by atoms with Crippen LogP contribution in [0.1, 0.15) is 15.9 Å². The van der Waals surface area contributed by atoms with Gasteiger partial charge in [-0.05, 0) is 42.8 Å². The Morgan fingerprint density at radius 2 is 1.71 bits per heavy atom. The van der Waals surface area contributed by atoms with E-state index in [2.05, 4.69) is 20.6 Å². The molecular weight excluding hydrogens is 380 g/mol. The van der Waals surface area contributed by atoms with Crippen LogP contribution in [0.3, 0.4) is 0 Å². The summed E-state index contributed by atoms with van der Waals surface area (Å²) in [6.45, 7) is 1.89. The Morgan fingerprint density at radius 3 is 2.32 bits per heavy atom. The molecule has 7 nitrogen and oxygen atoms in total. The van der Waals surface area contributed by atoms with E-state index in [1.165, 1.54) is 12.4 Å². The van der Waals surface area contributed by atoms with E-state index in [4.69, 9.17) is 21.1 Å². The van der Waals surface area contributed by atoms with Crippen molar-refractivity contribution in [2.24, 2.45) is 0 Å². The molecule has 0 aliphatic carbocycles. The van der Waals surface area contributed by atoms with Gasteiger partial charge in [0.15, 0.2) is 0 Å². The third-order valence-corrected chi connectivity index (χ3v) is 4.40. The lowest BCUT2D eigenvalue weighted by atomic mass is 10.2. The van der Waals surface area contributed by atoms with E-state index in [1.807, 2.05) is 13.0 Å². The maximum atomic E-state index is 12.3. The molecule has 0 unspecified atom stereocenters. The van der Waals surface area contributed by atoms with Crippen LogP contribution in [0, 0.1) is 6.92 Å². The topological polar surface area (TPSA) is 85.4 Å². The average molecular weight is 399 g/mol. The van der Waals surface area contributed by atoms with Crippen molar-refractivity contribution >= 4 is 34.8 Å². The highest BCUT2D eigenvalue weighted by molar-refractivity contribution is 6.31. The van der Waals surface area contributed by atoms with E-state index in [-0.39, 0.29) is 5.91 Å². The molecule has 1 amide bonds. The number of hydrogen-bond donors (Lipinski definition) is 2. The number of nitrogens with one attached hydrogen (secondary N) is 2. The average Bonchev–Trinajstić information content (AvgIpc) is 2.71. The van der Waals surface area contributed by atoms with Crippen molar-refractivity contribution in [1.29, 1.82) is 0 Å². The molecule has 3 aromatic rings. The second kappa shape index (κ2) is 8.58. The smallest absolute Gasteiger partial charge is 0.258 e. The zero-order valence-corrected chi connectivity index (χ0v) is 16.4. The van der Waals surface area contributed by atoms with Crippen LogP contribution in [0.2, 0.25) is 5.02 Å². The molecule has 0 saturated carbocycles. The summed E-state index contributed by atoms with van der Waals surface area (Å²) in [7, 11) is 3.14. The van der Waals surface area contributed by atoms with Crippen LogP contribution >= 0.6 is 11.6 Å². The zero-order valence-electron chi connectivity index (χ0n) is 15.6. The van der Waals surface area contributed by atoms with Crippen LogP contribution in [0.5, 0.6) is 11.5 Å². The molecule has 0 atom stereocenters. The first-order chi connectivity index (χ1) is 13.5. The molecule has 3 rings (SSSR count). The number of aromatic nitrogens is 2. The van der Waals surface area contributed by atoms with E-state index in [0.717, 1.165) is 5.56 Å². The lowest BCUT2D eigenvalue weighted by molar-refractivity contribution is 0.102. The van der Waals surface area contributed by atoms with Gasteiger partial charge >= 0.3 is 0 Å². The minimum absolute atomic E-state index is 0.309. The minimum Gasteiger partial charge on any atom is -0.497 e.